The van der Waals surface area contributed by atoms with Crippen molar-refractivity contribution in [3.05, 3.63) is 0 Å². The third-order valence-corrected chi connectivity index (χ3v) is 7.23. The summed E-state index contributed by atoms with van der Waals surface area (Å²) in [5, 5.41) is 3.37. The number of carbonyl (C=O) groups excluding carboxylic acids is 2. The molecule has 0 radical (unpaired) electrons. The molecule has 4 aliphatic rings. The number of hydrogen-bond donors (Lipinski definition) is 2. The number of halogens is 1. The minimum absolute atomic E-state index is 0. The highest BCUT2D eigenvalue weighted by molar-refractivity contribution is 5.89. The lowest BCUT2D eigenvalue weighted by atomic mass is 9.67. The zero-order chi connectivity index (χ0) is 17.4. The van der Waals surface area contributed by atoms with E-state index in [0.717, 1.165) is 57.9 Å². The highest BCUT2D eigenvalue weighted by Gasteiger charge is 2.43. The number of nitrogens with zero attached hydrogens (tertiary/aromatic N) is 1. The van der Waals surface area contributed by atoms with E-state index in [-0.39, 0.29) is 42.2 Å². The minimum Gasteiger partial charge on any atom is -0.351 e. The van der Waals surface area contributed by atoms with Crippen molar-refractivity contribution in [2.75, 3.05) is 6.54 Å². The Morgan fingerprint density at radius 2 is 1.54 bits per heavy atom. The van der Waals surface area contributed by atoms with Crippen LogP contribution in [0.5, 0.6) is 0 Å². The Balaban J connectivity index is 0.00000196. The topological polar surface area (TPSA) is 75.4 Å². The molecule has 3 unspecified atom stereocenters. The van der Waals surface area contributed by atoms with Crippen molar-refractivity contribution in [3.63, 3.8) is 0 Å². The van der Waals surface area contributed by atoms with Crippen molar-refractivity contribution in [2.45, 2.75) is 88.8 Å². The van der Waals surface area contributed by atoms with Crippen LogP contribution in [0.25, 0.3) is 0 Å². The van der Waals surface area contributed by atoms with Crippen molar-refractivity contribution >= 4 is 24.2 Å². The van der Waals surface area contributed by atoms with Crippen molar-refractivity contribution in [1.29, 1.82) is 0 Å². The highest BCUT2D eigenvalue weighted by atomic mass is 35.5. The fourth-order valence-corrected chi connectivity index (χ4v) is 6.00. The summed E-state index contributed by atoms with van der Waals surface area (Å²) in [6.07, 6.45) is 11.8. The van der Waals surface area contributed by atoms with Gasteiger partial charge in [0.2, 0.25) is 11.8 Å². The molecule has 2 bridgehead atoms. The molecule has 0 aromatic rings. The molecule has 148 valence electrons. The van der Waals surface area contributed by atoms with Crippen molar-refractivity contribution < 1.29 is 9.59 Å². The summed E-state index contributed by atoms with van der Waals surface area (Å²) in [5.41, 5.74) is 6.21. The van der Waals surface area contributed by atoms with Gasteiger partial charge in [0.05, 0.1) is 0 Å². The zero-order valence-corrected chi connectivity index (χ0v) is 16.5. The van der Waals surface area contributed by atoms with Crippen molar-refractivity contribution in [1.82, 2.24) is 10.2 Å². The van der Waals surface area contributed by atoms with E-state index < -0.39 is 0 Å². The fraction of sp³-hybridized carbons (Fsp3) is 0.900. The second-order valence-electron chi connectivity index (χ2n) is 8.89. The number of carbonyl (C=O) groups is 2. The molecule has 0 spiro atoms. The summed E-state index contributed by atoms with van der Waals surface area (Å²) in [6.45, 7) is 0.760. The Morgan fingerprint density at radius 1 is 0.885 bits per heavy atom. The average molecular weight is 384 g/mol. The Hall–Kier alpha value is -0.810. The molecule has 0 aromatic heterocycles. The van der Waals surface area contributed by atoms with Gasteiger partial charge in [-0.1, -0.05) is 19.3 Å². The Kier molecular flexibility index (Phi) is 6.50. The Labute approximate surface area is 163 Å². The number of likely N-dealkylation sites (tertiary alicyclic amines) is 1. The first-order valence-electron chi connectivity index (χ1n) is 10.5. The first-order chi connectivity index (χ1) is 12.1. The quantitative estimate of drug-likeness (QED) is 0.786. The monoisotopic (exact) mass is 383 g/mol. The fourth-order valence-electron chi connectivity index (χ4n) is 6.00. The van der Waals surface area contributed by atoms with Gasteiger partial charge in [-0.3, -0.25) is 9.59 Å². The molecule has 3 N–H and O–H groups in total. The third-order valence-electron chi connectivity index (χ3n) is 7.23. The normalized spacial score (nSPS) is 37.3. The Bertz CT molecular complexity index is 509. The van der Waals surface area contributed by atoms with Gasteiger partial charge < -0.3 is 16.0 Å². The van der Waals surface area contributed by atoms with E-state index in [4.69, 9.17) is 5.73 Å². The van der Waals surface area contributed by atoms with E-state index in [1.54, 1.807) is 0 Å². The molecule has 3 atom stereocenters. The lowest BCUT2D eigenvalue weighted by Gasteiger charge is -2.45. The zero-order valence-electron chi connectivity index (χ0n) is 15.7. The largest absolute Gasteiger partial charge is 0.351 e. The van der Waals surface area contributed by atoms with Crippen LogP contribution in [0.2, 0.25) is 0 Å². The molecule has 6 heteroatoms. The van der Waals surface area contributed by atoms with Gasteiger partial charge in [-0.05, 0) is 63.2 Å². The van der Waals surface area contributed by atoms with Crippen LogP contribution in [0, 0.1) is 17.8 Å². The second-order valence-corrected chi connectivity index (χ2v) is 8.89. The molecule has 1 heterocycles. The van der Waals surface area contributed by atoms with E-state index in [2.05, 4.69) is 5.32 Å². The van der Waals surface area contributed by atoms with E-state index >= 15 is 0 Å². The van der Waals surface area contributed by atoms with Crippen LogP contribution in [-0.4, -0.2) is 41.4 Å². The van der Waals surface area contributed by atoms with Crippen LogP contribution < -0.4 is 11.1 Å². The summed E-state index contributed by atoms with van der Waals surface area (Å²) in [7, 11) is 0. The number of nitrogens with one attached hydrogen (secondary N) is 1. The second kappa shape index (κ2) is 8.47. The SMILES string of the molecule is Cl.NC1CC2CCCC(C1)C2NC(=O)C1CCCN1C(=O)C1CCCC1. The van der Waals surface area contributed by atoms with Crippen molar-refractivity contribution in [3.8, 4) is 0 Å². The van der Waals surface area contributed by atoms with E-state index in [1.165, 1.54) is 19.3 Å². The summed E-state index contributed by atoms with van der Waals surface area (Å²) < 4.78 is 0. The van der Waals surface area contributed by atoms with E-state index in [9.17, 15) is 9.59 Å². The number of fused-ring (bicyclic) bond motifs is 2. The van der Waals surface area contributed by atoms with Gasteiger partial charge >= 0.3 is 0 Å². The van der Waals surface area contributed by atoms with Crippen LogP contribution in [0.3, 0.4) is 0 Å². The minimum atomic E-state index is -0.232. The van der Waals surface area contributed by atoms with Crippen molar-refractivity contribution in [2.24, 2.45) is 23.5 Å². The molecule has 5 nitrogen and oxygen atoms in total. The number of hydrogen-bond acceptors (Lipinski definition) is 3. The van der Waals surface area contributed by atoms with Gasteiger partial charge in [-0.25, -0.2) is 0 Å². The first-order valence-corrected chi connectivity index (χ1v) is 10.5. The maximum absolute atomic E-state index is 13.0. The standard InChI is InChI=1S/C20H33N3O2.ClH/c21-16-11-14-7-3-8-15(12-16)18(14)22-19(24)17-9-4-10-23(17)20(25)13-5-1-2-6-13;/h13-18H,1-12,21H2,(H,22,24);1H. The molecule has 2 amide bonds. The molecule has 3 saturated carbocycles. The summed E-state index contributed by atoms with van der Waals surface area (Å²) in [6, 6.07) is 0.352. The van der Waals surface area contributed by atoms with E-state index in [1.807, 2.05) is 4.90 Å². The van der Waals surface area contributed by atoms with Gasteiger partial charge in [-0.2, -0.15) is 0 Å². The first kappa shape index (κ1) is 19.9. The molecule has 4 rings (SSSR count). The molecular weight excluding hydrogens is 350 g/mol. The average Bonchev–Trinajstić information content (AvgIpc) is 3.26. The van der Waals surface area contributed by atoms with Gasteiger partial charge in [0.15, 0.2) is 0 Å². The summed E-state index contributed by atoms with van der Waals surface area (Å²) >= 11 is 0. The van der Waals surface area contributed by atoms with E-state index in [0.29, 0.717) is 17.9 Å². The van der Waals surface area contributed by atoms with Crippen LogP contribution in [0.1, 0.15) is 70.6 Å². The molecule has 0 aromatic carbocycles. The maximum Gasteiger partial charge on any atom is 0.243 e. The van der Waals surface area contributed by atoms with Crippen LogP contribution in [-0.2, 0) is 9.59 Å². The van der Waals surface area contributed by atoms with Gasteiger partial charge in [0, 0.05) is 24.5 Å². The predicted molar refractivity (Wildman–Crippen MR) is 104 cm³/mol. The molecular formula is C20H34ClN3O2. The lowest BCUT2D eigenvalue weighted by molar-refractivity contribution is -0.142. The smallest absolute Gasteiger partial charge is 0.243 e. The van der Waals surface area contributed by atoms with Gasteiger partial charge in [-0.15, -0.1) is 12.4 Å². The molecule has 1 saturated heterocycles. The number of nitrogens with two attached hydrogens (primary N) is 1. The van der Waals surface area contributed by atoms with Crippen LogP contribution in [0.4, 0.5) is 0 Å². The molecule has 4 fully saturated rings. The third kappa shape index (κ3) is 3.89. The molecule has 3 aliphatic carbocycles. The van der Waals surface area contributed by atoms with Gasteiger partial charge in [0.25, 0.3) is 0 Å². The highest BCUT2D eigenvalue weighted by Crippen LogP contribution is 2.40. The van der Waals surface area contributed by atoms with Crippen LogP contribution in [0.15, 0.2) is 0 Å². The van der Waals surface area contributed by atoms with Crippen LogP contribution >= 0.6 is 12.4 Å². The predicted octanol–water partition coefficient (Wildman–Crippen LogP) is 2.61. The lowest BCUT2D eigenvalue weighted by Crippen LogP contribution is -2.57. The molecule has 1 aliphatic heterocycles. The Morgan fingerprint density at radius 3 is 2.19 bits per heavy atom. The van der Waals surface area contributed by atoms with Gasteiger partial charge in [0.1, 0.15) is 6.04 Å². The molecule has 26 heavy (non-hydrogen) atoms. The number of amides is 2. The maximum atomic E-state index is 13.0. The summed E-state index contributed by atoms with van der Waals surface area (Å²) in [5.74, 6) is 1.57. The summed E-state index contributed by atoms with van der Waals surface area (Å²) in [4.78, 5) is 27.7. The number of rotatable bonds is 3.